The molecule has 0 atom stereocenters. The molecule has 0 N–H and O–H groups in total. The molecule has 0 fully saturated rings. The molecule has 0 aliphatic heterocycles. The van der Waals surface area contributed by atoms with Gasteiger partial charge in [0.1, 0.15) is 0 Å². The van der Waals surface area contributed by atoms with E-state index in [1.54, 1.807) is 30.3 Å². The van der Waals surface area contributed by atoms with Crippen LogP contribution in [0, 0.1) is 0 Å². The molecular weight excluding hydrogens is 210 g/mol. The molecule has 76 valence electrons. The van der Waals surface area contributed by atoms with Gasteiger partial charge in [0.05, 0.1) is 0 Å². The van der Waals surface area contributed by atoms with Crippen LogP contribution in [-0.4, -0.2) is 11.2 Å². The third-order valence-electron chi connectivity index (χ3n) is 1.73. The molecule has 0 saturated carbocycles. The van der Waals surface area contributed by atoms with Gasteiger partial charge in [-0.25, -0.2) is 0 Å². The molecular formula is C10H9ClF2O. The minimum atomic E-state index is -3.29. The van der Waals surface area contributed by atoms with Crippen LogP contribution in [-0.2, 0) is 0 Å². The highest BCUT2D eigenvalue weighted by Crippen LogP contribution is 2.25. The van der Waals surface area contributed by atoms with E-state index in [1.807, 2.05) is 0 Å². The van der Waals surface area contributed by atoms with Crippen molar-refractivity contribution in [2.45, 2.75) is 18.2 Å². The fourth-order valence-electron chi connectivity index (χ4n) is 1.02. The van der Waals surface area contributed by atoms with Crippen LogP contribution in [0.1, 0.15) is 23.2 Å². The maximum Gasteiger partial charge on any atom is 0.322 e. The second-order valence-electron chi connectivity index (χ2n) is 2.90. The van der Waals surface area contributed by atoms with Gasteiger partial charge in [0, 0.05) is 18.4 Å². The fourth-order valence-corrected chi connectivity index (χ4v) is 1.12. The van der Waals surface area contributed by atoms with Crippen molar-refractivity contribution in [2.24, 2.45) is 0 Å². The molecule has 0 aliphatic carbocycles. The van der Waals surface area contributed by atoms with E-state index in [1.165, 1.54) is 0 Å². The summed E-state index contributed by atoms with van der Waals surface area (Å²) in [5, 5.41) is -3.29. The zero-order valence-corrected chi connectivity index (χ0v) is 8.10. The maximum atomic E-state index is 12.2. The van der Waals surface area contributed by atoms with Crippen LogP contribution in [0.5, 0.6) is 0 Å². The molecule has 1 aromatic rings. The molecule has 1 nitrogen and oxygen atoms in total. The Balaban J connectivity index is 2.52. The van der Waals surface area contributed by atoms with Crippen molar-refractivity contribution in [3.63, 3.8) is 0 Å². The van der Waals surface area contributed by atoms with Crippen LogP contribution in [0.3, 0.4) is 0 Å². The van der Waals surface area contributed by atoms with E-state index >= 15 is 0 Å². The van der Waals surface area contributed by atoms with Gasteiger partial charge in [-0.1, -0.05) is 30.3 Å². The summed E-state index contributed by atoms with van der Waals surface area (Å²) < 4.78 is 24.4. The van der Waals surface area contributed by atoms with Gasteiger partial charge in [-0.05, 0) is 11.6 Å². The van der Waals surface area contributed by atoms with E-state index < -0.39 is 11.8 Å². The Morgan fingerprint density at radius 1 is 1.29 bits per heavy atom. The Morgan fingerprint density at radius 3 is 2.36 bits per heavy atom. The van der Waals surface area contributed by atoms with Gasteiger partial charge in [0.25, 0.3) is 0 Å². The Kier molecular flexibility index (Phi) is 3.58. The first-order valence-electron chi connectivity index (χ1n) is 4.14. The molecule has 0 aliphatic rings. The second-order valence-corrected chi connectivity index (χ2v) is 3.46. The van der Waals surface area contributed by atoms with E-state index in [0.717, 1.165) is 0 Å². The number of carbonyl (C=O) groups is 1. The molecule has 0 bridgehead atoms. The van der Waals surface area contributed by atoms with Crippen LogP contribution < -0.4 is 0 Å². The van der Waals surface area contributed by atoms with Crippen molar-refractivity contribution in [2.75, 3.05) is 0 Å². The Morgan fingerprint density at radius 2 is 1.86 bits per heavy atom. The largest absolute Gasteiger partial charge is 0.322 e. The maximum absolute atomic E-state index is 12.2. The van der Waals surface area contributed by atoms with E-state index in [-0.39, 0.29) is 12.2 Å². The van der Waals surface area contributed by atoms with Crippen LogP contribution >= 0.6 is 11.6 Å². The minimum Gasteiger partial charge on any atom is -0.294 e. The lowest BCUT2D eigenvalue weighted by molar-refractivity contribution is 0.0735. The molecule has 0 radical (unpaired) electrons. The van der Waals surface area contributed by atoms with Gasteiger partial charge in [-0.3, -0.25) is 4.79 Å². The average molecular weight is 219 g/mol. The van der Waals surface area contributed by atoms with Crippen molar-refractivity contribution >= 4 is 17.4 Å². The van der Waals surface area contributed by atoms with Gasteiger partial charge < -0.3 is 0 Å². The highest BCUT2D eigenvalue weighted by molar-refractivity contribution is 6.21. The normalized spacial score (nSPS) is 11.4. The molecule has 1 aromatic carbocycles. The first-order valence-corrected chi connectivity index (χ1v) is 4.52. The predicted molar refractivity (Wildman–Crippen MR) is 50.8 cm³/mol. The number of halogens is 3. The summed E-state index contributed by atoms with van der Waals surface area (Å²) in [5.41, 5.74) is 0.438. The number of hydrogen-bond acceptors (Lipinski definition) is 1. The van der Waals surface area contributed by atoms with Crippen molar-refractivity contribution in [3.8, 4) is 0 Å². The van der Waals surface area contributed by atoms with Gasteiger partial charge in [0.2, 0.25) is 0 Å². The van der Waals surface area contributed by atoms with Crippen LogP contribution in [0.4, 0.5) is 8.78 Å². The number of rotatable bonds is 4. The highest BCUT2D eigenvalue weighted by atomic mass is 35.5. The number of ketones is 1. The molecule has 0 amide bonds. The zero-order valence-electron chi connectivity index (χ0n) is 7.34. The number of Topliss-reactive ketones (excluding diaryl/α,β-unsaturated/α-hetero) is 1. The van der Waals surface area contributed by atoms with E-state index in [9.17, 15) is 13.6 Å². The molecule has 1 rings (SSSR count). The highest BCUT2D eigenvalue weighted by Gasteiger charge is 2.25. The molecule has 14 heavy (non-hydrogen) atoms. The smallest absolute Gasteiger partial charge is 0.294 e. The first kappa shape index (κ1) is 11.1. The van der Waals surface area contributed by atoms with Crippen molar-refractivity contribution < 1.29 is 13.6 Å². The molecule has 0 saturated heterocycles. The lowest BCUT2D eigenvalue weighted by Crippen LogP contribution is -2.09. The number of benzene rings is 1. The van der Waals surface area contributed by atoms with E-state index in [2.05, 4.69) is 11.6 Å². The molecule has 0 unspecified atom stereocenters. The first-order chi connectivity index (χ1) is 6.49. The zero-order chi connectivity index (χ0) is 10.6. The summed E-state index contributed by atoms with van der Waals surface area (Å²) in [6, 6.07) is 8.31. The number of alkyl halides is 3. The van der Waals surface area contributed by atoms with Gasteiger partial charge >= 0.3 is 5.38 Å². The molecule has 4 heteroatoms. The standard InChI is InChI=1S/C10H9ClF2O/c11-10(12,13)7-6-9(14)8-4-2-1-3-5-8/h1-5H,6-7H2. The molecule has 0 spiro atoms. The summed E-state index contributed by atoms with van der Waals surface area (Å²) in [6.45, 7) is 0. The monoisotopic (exact) mass is 218 g/mol. The van der Waals surface area contributed by atoms with Gasteiger partial charge in [-0.2, -0.15) is 8.78 Å². The lowest BCUT2D eigenvalue weighted by Gasteiger charge is -2.06. The topological polar surface area (TPSA) is 17.1 Å². The number of hydrogen-bond donors (Lipinski definition) is 0. The summed E-state index contributed by atoms with van der Waals surface area (Å²) in [6.07, 6.45) is -0.858. The fraction of sp³-hybridized carbons (Fsp3) is 0.300. The minimum absolute atomic E-state index is 0.236. The van der Waals surface area contributed by atoms with Crippen LogP contribution in [0.2, 0.25) is 0 Å². The summed E-state index contributed by atoms with van der Waals surface area (Å²) >= 11 is 4.68. The van der Waals surface area contributed by atoms with Crippen molar-refractivity contribution in [1.29, 1.82) is 0 Å². The lowest BCUT2D eigenvalue weighted by atomic mass is 10.1. The van der Waals surface area contributed by atoms with Crippen LogP contribution in [0.25, 0.3) is 0 Å². The summed E-state index contributed by atoms with van der Waals surface area (Å²) in [5.74, 6) is -0.314. The van der Waals surface area contributed by atoms with Gasteiger partial charge in [-0.15, -0.1) is 0 Å². The predicted octanol–water partition coefficient (Wildman–Crippen LogP) is 3.48. The van der Waals surface area contributed by atoms with Crippen LogP contribution in [0.15, 0.2) is 30.3 Å². The van der Waals surface area contributed by atoms with E-state index in [0.29, 0.717) is 5.56 Å². The van der Waals surface area contributed by atoms with Crippen molar-refractivity contribution in [3.05, 3.63) is 35.9 Å². The third-order valence-corrected chi connectivity index (χ3v) is 1.92. The van der Waals surface area contributed by atoms with Gasteiger partial charge in [0.15, 0.2) is 5.78 Å². The SMILES string of the molecule is O=C(CCC(F)(F)Cl)c1ccccc1. The Hall–Kier alpha value is -0.960. The molecule has 0 heterocycles. The number of carbonyl (C=O) groups excluding carboxylic acids is 1. The summed E-state index contributed by atoms with van der Waals surface area (Å²) in [4.78, 5) is 11.3. The quantitative estimate of drug-likeness (QED) is 0.559. The van der Waals surface area contributed by atoms with Crippen molar-refractivity contribution in [1.82, 2.24) is 0 Å². The Labute approximate surface area is 85.7 Å². The second kappa shape index (κ2) is 4.51. The molecule has 0 aromatic heterocycles. The average Bonchev–Trinajstić information content (AvgIpc) is 2.14. The van der Waals surface area contributed by atoms with E-state index in [4.69, 9.17) is 0 Å². The Bertz CT molecular complexity index is 306. The third kappa shape index (κ3) is 3.83. The summed E-state index contributed by atoms with van der Waals surface area (Å²) in [7, 11) is 0.